The van der Waals surface area contributed by atoms with Crippen LogP contribution in [0.2, 0.25) is 0 Å². The molecule has 0 bridgehead atoms. The Labute approximate surface area is 121 Å². The summed E-state index contributed by atoms with van der Waals surface area (Å²) in [4.78, 5) is 0. The van der Waals surface area contributed by atoms with Crippen LogP contribution < -0.4 is 10.1 Å². The quantitative estimate of drug-likeness (QED) is 0.796. The van der Waals surface area contributed by atoms with Gasteiger partial charge in [-0.15, -0.1) is 14.8 Å². The van der Waals surface area contributed by atoms with Gasteiger partial charge < -0.3 is 10.1 Å². The minimum absolute atomic E-state index is 0.131. The van der Waals surface area contributed by atoms with Crippen LogP contribution in [0.15, 0.2) is 36.4 Å². The second-order valence-electron chi connectivity index (χ2n) is 4.30. The van der Waals surface area contributed by atoms with Crippen molar-refractivity contribution in [2.24, 2.45) is 0 Å². The molecule has 0 aliphatic carbocycles. The number of benzene rings is 1. The Bertz CT molecular complexity index is 770. The Kier molecular flexibility index (Phi) is 3.49. The molecule has 0 saturated carbocycles. The number of anilines is 2. The molecular weight excluding hydrogens is 301 g/mol. The highest BCUT2D eigenvalue weighted by molar-refractivity contribution is 5.57. The smallest absolute Gasteiger partial charge is 0.422 e. The van der Waals surface area contributed by atoms with Crippen LogP contribution in [0.1, 0.15) is 0 Å². The molecule has 1 aromatic carbocycles. The molecule has 0 spiro atoms. The summed E-state index contributed by atoms with van der Waals surface area (Å²) >= 11 is 0. The van der Waals surface area contributed by atoms with E-state index in [1.807, 2.05) is 0 Å². The summed E-state index contributed by atoms with van der Waals surface area (Å²) in [5, 5.41) is 17.9. The maximum absolute atomic E-state index is 12.0. The van der Waals surface area contributed by atoms with Gasteiger partial charge in [0.05, 0.1) is 0 Å². The molecule has 3 rings (SSSR count). The normalized spacial score (nSPS) is 11.6. The van der Waals surface area contributed by atoms with E-state index in [9.17, 15) is 13.2 Å². The van der Waals surface area contributed by atoms with E-state index in [-0.39, 0.29) is 5.75 Å². The second-order valence-corrected chi connectivity index (χ2v) is 4.30. The number of alkyl halides is 3. The van der Waals surface area contributed by atoms with Crippen LogP contribution >= 0.6 is 0 Å². The predicted octanol–water partition coefficient (Wildman–Crippen LogP) is 2.20. The summed E-state index contributed by atoms with van der Waals surface area (Å²) in [6, 6.07) is 9.39. The lowest BCUT2D eigenvalue weighted by molar-refractivity contribution is -0.153. The summed E-state index contributed by atoms with van der Waals surface area (Å²) in [5.74, 6) is 0.621. The van der Waals surface area contributed by atoms with E-state index in [2.05, 4.69) is 30.7 Å². The van der Waals surface area contributed by atoms with E-state index in [0.29, 0.717) is 17.2 Å². The van der Waals surface area contributed by atoms with Crippen LogP contribution in [0.4, 0.5) is 24.7 Å². The van der Waals surface area contributed by atoms with Gasteiger partial charge in [-0.1, -0.05) is 0 Å². The molecule has 2 aromatic heterocycles. The Morgan fingerprint density at radius 2 is 1.86 bits per heavy atom. The van der Waals surface area contributed by atoms with Crippen LogP contribution in [0, 0.1) is 0 Å². The molecule has 0 fully saturated rings. The van der Waals surface area contributed by atoms with Crippen LogP contribution in [0.3, 0.4) is 0 Å². The Balaban J connectivity index is 1.67. The number of nitrogens with one attached hydrogen (secondary N) is 1. The highest BCUT2D eigenvalue weighted by atomic mass is 19.4. The number of aromatic nitrogens is 5. The van der Waals surface area contributed by atoms with Gasteiger partial charge in [0.25, 0.3) is 0 Å². The zero-order chi connectivity index (χ0) is 15.6. The zero-order valence-corrected chi connectivity index (χ0v) is 10.9. The Hall–Kier alpha value is -2.91. The van der Waals surface area contributed by atoms with Gasteiger partial charge in [0, 0.05) is 5.69 Å². The van der Waals surface area contributed by atoms with Crippen molar-refractivity contribution in [3.05, 3.63) is 36.4 Å². The van der Waals surface area contributed by atoms with E-state index in [4.69, 9.17) is 0 Å². The maximum Gasteiger partial charge on any atom is 0.422 e. The van der Waals surface area contributed by atoms with Gasteiger partial charge in [-0.3, -0.25) is 0 Å². The number of hydrogen-bond acceptors (Lipinski definition) is 6. The molecule has 0 amide bonds. The molecule has 0 radical (unpaired) electrons. The number of tetrazole rings is 1. The minimum Gasteiger partial charge on any atom is -0.484 e. The highest BCUT2D eigenvalue weighted by Crippen LogP contribution is 2.21. The van der Waals surface area contributed by atoms with E-state index >= 15 is 0 Å². The number of nitrogens with zero attached hydrogens (tertiary/aromatic N) is 5. The molecular formula is C12H9F3N6O. The monoisotopic (exact) mass is 310 g/mol. The highest BCUT2D eigenvalue weighted by Gasteiger charge is 2.28. The molecule has 2 heterocycles. The van der Waals surface area contributed by atoms with Crippen molar-refractivity contribution < 1.29 is 17.9 Å². The van der Waals surface area contributed by atoms with Crippen molar-refractivity contribution in [2.75, 3.05) is 11.9 Å². The molecule has 3 aromatic rings. The lowest BCUT2D eigenvalue weighted by atomic mass is 10.3. The fraction of sp³-hybridized carbons (Fsp3) is 0.167. The molecule has 22 heavy (non-hydrogen) atoms. The summed E-state index contributed by atoms with van der Waals surface area (Å²) in [7, 11) is 0. The first-order valence-corrected chi connectivity index (χ1v) is 6.12. The van der Waals surface area contributed by atoms with Crippen molar-refractivity contribution in [2.45, 2.75) is 6.18 Å². The molecule has 7 nitrogen and oxygen atoms in total. The molecule has 0 saturated heterocycles. The van der Waals surface area contributed by atoms with E-state index in [1.54, 1.807) is 24.3 Å². The number of rotatable bonds is 4. The van der Waals surface area contributed by atoms with Crippen molar-refractivity contribution >= 4 is 17.2 Å². The van der Waals surface area contributed by atoms with Gasteiger partial charge in [0.2, 0.25) is 0 Å². The fourth-order valence-electron chi connectivity index (χ4n) is 1.66. The molecule has 0 atom stereocenters. The second kappa shape index (κ2) is 5.47. The summed E-state index contributed by atoms with van der Waals surface area (Å²) in [6.45, 7) is -1.32. The first-order chi connectivity index (χ1) is 10.5. The lowest BCUT2D eigenvalue weighted by Crippen LogP contribution is -2.19. The largest absolute Gasteiger partial charge is 0.484 e. The molecule has 10 heteroatoms. The third-order valence-corrected chi connectivity index (χ3v) is 2.60. The third kappa shape index (κ3) is 3.40. The van der Waals surface area contributed by atoms with Gasteiger partial charge in [0.15, 0.2) is 18.1 Å². The van der Waals surface area contributed by atoms with Gasteiger partial charge in [0.1, 0.15) is 5.75 Å². The number of fused-ring (bicyclic) bond motifs is 1. The van der Waals surface area contributed by atoms with Crippen LogP contribution in [-0.2, 0) is 0 Å². The first kappa shape index (κ1) is 14.0. The van der Waals surface area contributed by atoms with Gasteiger partial charge in [-0.2, -0.15) is 13.2 Å². The number of halogens is 3. The van der Waals surface area contributed by atoms with Crippen molar-refractivity contribution in [1.82, 2.24) is 25.3 Å². The van der Waals surface area contributed by atoms with E-state index in [0.717, 1.165) is 0 Å². The summed E-state index contributed by atoms with van der Waals surface area (Å²) in [6.07, 6.45) is -4.36. The minimum atomic E-state index is -4.36. The molecule has 0 unspecified atom stereocenters. The van der Waals surface area contributed by atoms with Crippen LogP contribution in [0.25, 0.3) is 5.65 Å². The topological polar surface area (TPSA) is 77.2 Å². The van der Waals surface area contributed by atoms with Crippen molar-refractivity contribution in [1.29, 1.82) is 0 Å². The average Bonchev–Trinajstić information content (AvgIpc) is 2.93. The number of hydrogen-bond donors (Lipinski definition) is 1. The Morgan fingerprint density at radius 3 is 2.59 bits per heavy atom. The maximum atomic E-state index is 12.0. The zero-order valence-electron chi connectivity index (χ0n) is 10.9. The number of ether oxygens (including phenoxy) is 1. The van der Waals surface area contributed by atoms with Crippen molar-refractivity contribution in [3.63, 3.8) is 0 Å². The molecule has 1 N–H and O–H groups in total. The molecule has 0 aliphatic rings. The molecule has 114 valence electrons. The fourth-order valence-corrected chi connectivity index (χ4v) is 1.66. The van der Waals surface area contributed by atoms with Gasteiger partial charge in [-0.05, 0) is 46.8 Å². The van der Waals surface area contributed by atoms with Gasteiger partial charge >= 0.3 is 6.18 Å². The summed E-state index contributed by atoms with van der Waals surface area (Å²) in [5.41, 5.74) is 1.14. The van der Waals surface area contributed by atoms with Crippen molar-refractivity contribution in [3.8, 4) is 5.75 Å². The Morgan fingerprint density at radius 1 is 1.09 bits per heavy atom. The first-order valence-electron chi connectivity index (χ1n) is 6.12. The summed E-state index contributed by atoms with van der Waals surface area (Å²) < 4.78 is 42.0. The van der Waals surface area contributed by atoms with E-state index in [1.165, 1.54) is 16.8 Å². The lowest BCUT2D eigenvalue weighted by Gasteiger charge is -2.10. The van der Waals surface area contributed by atoms with E-state index < -0.39 is 12.8 Å². The predicted molar refractivity (Wildman–Crippen MR) is 69.9 cm³/mol. The average molecular weight is 310 g/mol. The SMILES string of the molecule is FC(F)(F)COc1ccc(Nc2ccc3nnnn3n2)cc1. The standard InChI is InChI=1S/C12H9F3N6O/c13-12(14,15)7-22-9-3-1-8(2-4-9)16-10-5-6-11-17-19-20-21(11)18-10/h1-6H,7H2,(H,16,18). The van der Waals surface area contributed by atoms with Crippen LogP contribution in [-0.4, -0.2) is 38.0 Å². The van der Waals surface area contributed by atoms with Gasteiger partial charge in [-0.25, -0.2) is 0 Å². The van der Waals surface area contributed by atoms with Crippen LogP contribution in [0.5, 0.6) is 5.75 Å². The molecule has 0 aliphatic heterocycles. The third-order valence-electron chi connectivity index (χ3n) is 2.60.